The summed E-state index contributed by atoms with van der Waals surface area (Å²) in [6, 6.07) is 10.2. The van der Waals surface area contributed by atoms with Gasteiger partial charge in [-0.15, -0.1) is 0 Å². The summed E-state index contributed by atoms with van der Waals surface area (Å²) < 4.78 is 5.23. The normalized spacial score (nSPS) is 20.1. The summed E-state index contributed by atoms with van der Waals surface area (Å²) in [6.45, 7) is 0.742. The topological polar surface area (TPSA) is 88.3 Å². The fourth-order valence-electron chi connectivity index (χ4n) is 3.16. The van der Waals surface area contributed by atoms with Crippen molar-refractivity contribution in [3.05, 3.63) is 47.6 Å². The summed E-state index contributed by atoms with van der Waals surface area (Å²) in [7, 11) is 0. The molecule has 1 saturated heterocycles. The SMILES string of the molecule is O=C(NCc1noc(Cc2ccccc2)n1)C1CC(=O)N(C2CC2)C1. The third kappa shape index (κ3) is 3.70. The maximum atomic E-state index is 12.3. The summed E-state index contributed by atoms with van der Waals surface area (Å²) in [4.78, 5) is 30.3. The maximum Gasteiger partial charge on any atom is 0.231 e. The molecule has 7 heteroatoms. The van der Waals surface area contributed by atoms with Crippen molar-refractivity contribution in [1.82, 2.24) is 20.4 Å². The second kappa shape index (κ2) is 6.66. The Balaban J connectivity index is 1.28. The molecule has 1 N–H and O–H groups in total. The van der Waals surface area contributed by atoms with Crippen LogP contribution in [0.25, 0.3) is 0 Å². The Bertz CT molecular complexity index is 770. The van der Waals surface area contributed by atoms with Crippen LogP contribution in [0, 0.1) is 5.92 Å². The molecule has 2 aromatic rings. The molecule has 7 nitrogen and oxygen atoms in total. The molecular formula is C18H20N4O3. The zero-order valence-electron chi connectivity index (χ0n) is 13.9. The first-order valence-corrected chi connectivity index (χ1v) is 8.61. The smallest absolute Gasteiger partial charge is 0.231 e. The van der Waals surface area contributed by atoms with E-state index in [1.165, 1.54) is 0 Å². The number of nitrogens with zero attached hydrogens (tertiary/aromatic N) is 3. The quantitative estimate of drug-likeness (QED) is 0.856. The van der Waals surface area contributed by atoms with Gasteiger partial charge in [0.05, 0.1) is 18.9 Å². The van der Waals surface area contributed by atoms with E-state index in [1.807, 2.05) is 35.2 Å². The number of likely N-dealkylation sites (tertiary alicyclic amines) is 1. The van der Waals surface area contributed by atoms with Crippen molar-refractivity contribution >= 4 is 11.8 Å². The molecule has 1 aromatic heterocycles. The average Bonchev–Trinajstić information content (AvgIpc) is 3.25. The summed E-state index contributed by atoms with van der Waals surface area (Å²) >= 11 is 0. The molecule has 4 rings (SSSR count). The predicted molar refractivity (Wildman–Crippen MR) is 88.2 cm³/mol. The monoisotopic (exact) mass is 340 g/mol. The fourth-order valence-corrected chi connectivity index (χ4v) is 3.16. The second-order valence-corrected chi connectivity index (χ2v) is 6.66. The molecule has 1 unspecified atom stereocenters. The van der Waals surface area contributed by atoms with Crippen LogP contribution in [0.4, 0.5) is 0 Å². The summed E-state index contributed by atoms with van der Waals surface area (Å²) in [6.07, 6.45) is 2.99. The number of hydrogen-bond donors (Lipinski definition) is 1. The lowest BCUT2D eigenvalue weighted by atomic mass is 10.1. The van der Waals surface area contributed by atoms with Crippen molar-refractivity contribution in [2.75, 3.05) is 6.54 Å². The van der Waals surface area contributed by atoms with Crippen LogP contribution in [0.2, 0.25) is 0 Å². The summed E-state index contributed by atoms with van der Waals surface area (Å²) in [5.74, 6) is 0.663. The maximum absolute atomic E-state index is 12.3. The summed E-state index contributed by atoms with van der Waals surface area (Å²) in [5.41, 5.74) is 1.09. The predicted octanol–water partition coefficient (Wildman–Crippen LogP) is 1.29. The van der Waals surface area contributed by atoms with E-state index in [2.05, 4.69) is 15.5 Å². The highest BCUT2D eigenvalue weighted by molar-refractivity contribution is 5.89. The first kappa shape index (κ1) is 15.8. The Morgan fingerprint density at radius 1 is 1.28 bits per heavy atom. The minimum absolute atomic E-state index is 0.0901. The molecule has 0 bridgehead atoms. The molecule has 2 heterocycles. The lowest BCUT2D eigenvalue weighted by Gasteiger charge is -2.14. The first-order valence-electron chi connectivity index (χ1n) is 8.61. The number of rotatable bonds is 6. The molecular weight excluding hydrogens is 320 g/mol. The van der Waals surface area contributed by atoms with E-state index < -0.39 is 0 Å². The number of carbonyl (C=O) groups excluding carboxylic acids is 2. The van der Waals surface area contributed by atoms with Gasteiger partial charge in [-0.2, -0.15) is 4.98 Å². The highest BCUT2D eigenvalue weighted by atomic mass is 16.5. The average molecular weight is 340 g/mol. The van der Waals surface area contributed by atoms with Gasteiger partial charge in [0.1, 0.15) is 0 Å². The minimum atomic E-state index is -0.274. The van der Waals surface area contributed by atoms with Gasteiger partial charge in [0, 0.05) is 19.0 Å². The number of nitrogens with one attached hydrogen (secondary N) is 1. The number of aromatic nitrogens is 2. The van der Waals surface area contributed by atoms with Crippen LogP contribution in [0.15, 0.2) is 34.9 Å². The zero-order chi connectivity index (χ0) is 17.2. The number of amides is 2. The van der Waals surface area contributed by atoms with Gasteiger partial charge in [0.15, 0.2) is 5.82 Å². The molecule has 0 radical (unpaired) electrons. The van der Waals surface area contributed by atoms with Gasteiger partial charge in [0.2, 0.25) is 17.7 Å². The van der Waals surface area contributed by atoms with Crippen LogP contribution >= 0.6 is 0 Å². The molecule has 2 aliphatic rings. The van der Waals surface area contributed by atoms with Gasteiger partial charge in [-0.05, 0) is 18.4 Å². The van der Waals surface area contributed by atoms with Crippen LogP contribution in [-0.2, 0) is 22.6 Å². The molecule has 1 atom stereocenters. The van der Waals surface area contributed by atoms with E-state index >= 15 is 0 Å². The fraction of sp³-hybridized carbons (Fsp3) is 0.444. The third-order valence-electron chi connectivity index (χ3n) is 4.65. The van der Waals surface area contributed by atoms with E-state index in [1.54, 1.807) is 0 Å². The van der Waals surface area contributed by atoms with Crippen molar-refractivity contribution in [3.63, 3.8) is 0 Å². The van der Waals surface area contributed by atoms with Crippen LogP contribution in [0.3, 0.4) is 0 Å². The van der Waals surface area contributed by atoms with Gasteiger partial charge in [0.25, 0.3) is 0 Å². The highest BCUT2D eigenvalue weighted by Crippen LogP contribution is 2.32. The Labute approximate surface area is 145 Å². The van der Waals surface area contributed by atoms with Crippen LogP contribution in [0.1, 0.15) is 36.5 Å². The molecule has 1 aliphatic heterocycles. The molecule has 2 fully saturated rings. The Hall–Kier alpha value is -2.70. The highest BCUT2D eigenvalue weighted by Gasteiger charge is 2.41. The van der Waals surface area contributed by atoms with E-state index in [4.69, 9.17) is 4.52 Å². The van der Waals surface area contributed by atoms with Crippen molar-refractivity contribution in [3.8, 4) is 0 Å². The standard InChI is InChI=1S/C18H20N4O3/c23-17-9-13(11-22(17)14-6-7-14)18(24)19-10-15-20-16(25-21-15)8-12-4-2-1-3-5-12/h1-5,13-14H,6-11H2,(H,19,24). The van der Waals surface area contributed by atoms with Gasteiger partial charge >= 0.3 is 0 Å². The molecule has 130 valence electrons. The Morgan fingerprint density at radius 3 is 2.84 bits per heavy atom. The van der Waals surface area contributed by atoms with Gasteiger partial charge in [-0.1, -0.05) is 35.5 Å². The van der Waals surface area contributed by atoms with E-state index in [-0.39, 0.29) is 24.3 Å². The van der Waals surface area contributed by atoms with Crippen LogP contribution < -0.4 is 5.32 Å². The largest absolute Gasteiger partial charge is 0.348 e. The first-order chi connectivity index (χ1) is 12.2. The summed E-state index contributed by atoms with van der Waals surface area (Å²) in [5, 5.41) is 6.72. The molecule has 25 heavy (non-hydrogen) atoms. The van der Waals surface area contributed by atoms with Crippen molar-refractivity contribution in [1.29, 1.82) is 0 Å². The van der Waals surface area contributed by atoms with E-state index in [0.717, 1.165) is 18.4 Å². The van der Waals surface area contributed by atoms with Crippen molar-refractivity contribution in [2.45, 2.75) is 38.3 Å². The van der Waals surface area contributed by atoms with Crippen molar-refractivity contribution < 1.29 is 14.1 Å². The second-order valence-electron chi connectivity index (χ2n) is 6.66. The Kier molecular flexibility index (Phi) is 4.21. The minimum Gasteiger partial charge on any atom is -0.348 e. The molecule has 1 aromatic carbocycles. The molecule has 2 amide bonds. The lowest BCUT2D eigenvalue weighted by Crippen LogP contribution is -2.33. The lowest BCUT2D eigenvalue weighted by molar-refractivity contribution is -0.129. The van der Waals surface area contributed by atoms with E-state index in [9.17, 15) is 9.59 Å². The van der Waals surface area contributed by atoms with Gasteiger partial charge in [-0.25, -0.2) is 0 Å². The molecule has 1 saturated carbocycles. The van der Waals surface area contributed by atoms with Crippen LogP contribution in [0.5, 0.6) is 0 Å². The number of hydrogen-bond acceptors (Lipinski definition) is 5. The number of benzene rings is 1. The van der Waals surface area contributed by atoms with Crippen molar-refractivity contribution in [2.24, 2.45) is 5.92 Å². The molecule has 0 spiro atoms. The van der Waals surface area contributed by atoms with Gasteiger partial charge < -0.3 is 14.7 Å². The van der Waals surface area contributed by atoms with E-state index in [0.29, 0.717) is 37.1 Å². The van der Waals surface area contributed by atoms with Crippen LogP contribution in [-0.4, -0.2) is 39.4 Å². The Morgan fingerprint density at radius 2 is 2.08 bits per heavy atom. The molecule has 1 aliphatic carbocycles. The number of carbonyl (C=O) groups is 2. The third-order valence-corrected chi connectivity index (χ3v) is 4.65. The van der Waals surface area contributed by atoms with Gasteiger partial charge in [-0.3, -0.25) is 9.59 Å². The zero-order valence-corrected chi connectivity index (χ0v) is 13.9.